The molecule has 1 aromatic carbocycles. The summed E-state index contributed by atoms with van der Waals surface area (Å²) in [6, 6.07) is 12.0. The molecule has 1 aromatic heterocycles. The second kappa shape index (κ2) is 9.29. The highest BCUT2D eigenvalue weighted by Crippen LogP contribution is 2.08. The van der Waals surface area contributed by atoms with Crippen molar-refractivity contribution in [3.63, 3.8) is 0 Å². The minimum atomic E-state index is -0.669. The van der Waals surface area contributed by atoms with Crippen molar-refractivity contribution in [1.82, 2.24) is 15.6 Å². The van der Waals surface area contributed by atoms with Crippen molar-refractivity contribution in [3.8, 4) is 0 Å². The standard InChI is InChI=1S/C18H22N4O2/c1-2-10-20-18(24)22-16(13-14-6-4-3-5-7-14)17(23)21-15-8-11-19-12-9-15/h3-9,11-12,16H,2,10,13H2,1H3,(H,19,21,23)(H2,20,22,24)/t16-/m0/s1. The van der Waals surface area contributed by atoms with E-state index < -0.39 is 6.04 Å². The number of hydrogen-bond donors (Lipinski definition) is 3. The van der Waals surface area contributed by atoms with Crippen LogP contribution in [0.1, 0.15) is 18.9 Å². The molecule has 1 heterocycles. The molecule has 0 aliphatic carbocycles. The first kappa shape index (κ1) is 17.5. The van der Waals surface area contributed by atoms with Gasteiger partial charge in [0.25, 0.3) is 0 Å². The van der Waals surface area contributed by atoms with E-state index in [0.717, 1.165) is 12.0 Å². The van der Waals surface area contributed by atoms with Gasteiger partial charge < -0.3 is 16.0 Å². The zero-order valence-electron chi connectivity index (χ0n) is 13.7. The molecule has 126 valence electrons. The zero-order valence-corrected chi connectivity index (χ0v) is 13.7. The highest BCUT2D eigenvalue weighted by atomic mass is 16.2. The summed E-state index contributed by atoms with van der Waals surface area (Å²) in [5.41, 5.74) is 1.62. The number of urea groups is 1. The molecule has 6 heteroatoms. The lowest BCUT2D eigenvalue weighted by Crippen LogP contribution is -2.49. The van der Waals surface area contributed by atoms with Crippen LogP contribution in [0.15, 0.2) is 54.9 Å². The number of carbonyl (C=O) groups is 2. The summed E-state index contributed by atoms with van der Waals surface area (Å²) in [7, 11) is 0. The first-order chi connectivity index (χ1) is 11.7. The molecule has 0 saturated heterocycles. The Hall–Kier alpha value is -2.89. The minimum absolute atomic E-state index is 0.267. The Labute approximate surface area is 141 Å². The third kappa shape index (κ3) is 5.72. The van der Waals surface area contributed by atoms with Crippen LogP contribution < -0.4 is 16.0 Å². The van der Waals surface area contributed by atoms with Gasteiger partial charge in [-0.25, -0.2) is 4.79 Å². The Morgan fingerprint density at radius 1 is 1.08 bits per heavy atom. The number of anilines is 1. The quantitative estimate of drug-likeness (QED) is 0.730. The Kier molecular flexibility index (Phi) is 6.76. The summed E-state index contributed by atoms with van der Waals surface area (Å²) in [5, 5.41) is 8.27. The highest BCUT2D eigenvalue weighted by Gasteiger charge is 2.21. The van der Waals surface area contributed by atoms with Crippen LogP contribution in [-0.2, 0) is 11.2 Å². The van der Waals surface area contributed by atoms with Crippen LogP contribution in [0.2, 0.25) is 0 Å². The Morgan fingerprint density at radius 2 is 1.79 bits per heavy atom. The average Bonchev–Trinajstić information content (AvgIpc) is 2.61. The first-order valence-electron chi connectivity index (χ1n) is 7.98. The molecule has 0 fully saturated rings. The number of nitrogens with zero attached hydrogens (tertiary/aromatic N) is 1. The van der Waals surface area contributed by atoms with Gasteiger partial charge in [-0.05, 0) is 24.1 Å². The molecule has 0 spiro atoms. The van der Waals surface area contributed by atoms with Crippen LogP contribution in [0.3, 0.4) is 0 Å². The summed E-state index contributed by atoms with van der Waals surface area (Å²) in [6.45, 7) is 2.54. The second-order valence-electron chi connectivity index (χ2n) is 5.37. The third-order valence-corrected chi connectivity index (χ3v) is 3.39. The van der Waals surface area contributed by atoms with Crippen LogP contribution >= 0.6 is 0 Å². The van der Waals surface area contributed by atoms with E-state index in [1.807, 2.05) is 37.3 Å². The molecule has 0 bridgehead atoms. The van der Waals surface area contributed by atoms with E-state index in [9.17, 15) is 9.59 Å². The SMILES string of the molecule is CCCNC(=O)N[C@@H](Cc1ccccc1)C(=O)Nc1ccncc1. The fraction of sp³-hybridized carbons (Fsp3) is 0.278. The summed E-state index contributed by atoms with van der Waals surface area (Å²) >= 11 is 0. The number of hydrogen-bond acceptors (Lipinski definition) is 3. The molecule has 3 N–H and O–H groups in total. The number of nitrogens with one attached hydrogen (secondary N) is 3. The van der Waals surface area contributed by atoms with Gasteiger partial charge >= 0.3 is 6.03 Å². The van der Waals surface area contributed by atoms with E-state index in [4.69, 9.17) is 0 Å². The molecule has 0 radical (unpaired) electrons. The van der Waals surface area contributed by atoms with Gasteiger partial charge in [0.05, 0.1) is 0 Å². The molecule has 0 aliphatic rings. The number of carbonyl (C=O) groups excluding carboxylic acids is 2. The van der Waals surface area contributed by atoms with Crippen molar-refractivity contribution in [3.05, 3.63) is 60.4 Å². The third-order valence-electron chi connectivity index (χ3n) is 3.39. The van der Waals surface area contributed by atoms with Gasteiger partial charge in [0, 0.05) is 31.0 Å². The lowest BCUT2D eigenvalue weighted by Gasteiger charge is -2.19. The van der Waals surface area contributed by atoms with Gasteiger partial charge in [-0.2, -0.15) is 0 Å². The van der Waals surface area contributed by atoms with Crippen LogP contribution in [0.4, 0.5) is 10.5 Å². The second-order valence-corrected chi connectivity index (χ2v) is 5.37. The molecule has 0 aliphatic heterocycles. The molecule has 0 unspecified atom stereocenters. The Morgan fingerprint density at radius 3 is 2.46 bits per heavy atom. The Balaban J connectivity index is 2.06. The van der Waals surface area contributed by atoms with Gasteiger partial charge in [0.15, 0.2) is 0 Å². The van der Waals surface area contributed by atoms with Gasteiger partial charge in [-0.15, -0.1) is 0 Å². The number of pyridine rings is 1. The fourth-order valence-corrected chi connectivity index (χ4v) is 2.17. The lowest BCUT2D eigenvalue weighted by molar-refractivity contribution is -0.117. The van der Waals surface area contributed by atoms with Crippen molar-refractivity contribution in [1.29, 1.82) is 0 Å². The predicted molar refractivity (Wildman–Crippen MR) is 93.6 cm³/mol. The predicted octanol–water partition coefficient (Wildman–Crippen LogP) is 2.34. The topological polar surface area (TPSA) is 83.1 Å². The summed E-state index contributed by atoms with van der Waals surface area (Å²) in [4.78, 5) is 28.4. The number of aromatic nitrogens is 1. The van der Waals surface area contributed by atoms with E-state index in [1.165, 1.54) is 0 Å². The van der Waals surface area contributed by atoms with Gasteiger partial charge in [-0.3, -0.25) is 9.78 Å². The van der Waals surface area contributed by atoms with Crippen molar-refractivity contribution in [2.24, 2.45) is 0 Å². The molecule has 1 atom stereocenters. The molecule has 2 aromatic rings. The van der Waals surface area contributed by atoms with Crippen molar-refractivity contribution < 1.29 is 9.59 Å². The van der Waals surface area contributed by atoms with E-state index in [2.05, 4.69) is 20.9 Å². The lowest BCUT2D eigenvalue weighted by atomic mass is 10.1. The van der Waals surface area contributed by atoms with E-state index in [0.29, 0.717) is 18.7 Å². The zero-order chi connectivity index (χ0) is 17.2. The normalized spacial score (nSPS) is 11.4. The van der Waals surface area contributed by atoms with Gasteiger partial charge in [-0.1, -0.05) is 37.3 Å². The molecular formula is C18H22N4O2. The van der Waals surface area contributed by atoms with E-state index in [-0.39, 0.29) is 11.9 Å². The maximum Gasteiger partial charge on any atom is 0.315 e. The molecule has 0 saturated carbocycles. The summed E-state index contributed by atoms with van der Waals surface area (Å²) in [6.07, 6.45) is 4.45. The molecule has 3 amide bonds. The smallest absolute Gasteiger partial charge is 0.315 e. The number of amides is 3. The van der Waals surface area contributed by atoms with Crippen LogP contribution in [0, 0.1) is 0 Å². The number of benzene rings is 1. The van der Waals surface area contributed by atoms with Gasteiger partial charge in [0.1, 0.15) is 6.04 Å². The van der Waals surface area contributed by atoms with Crippen LogP contribution in [0.25, 0.3) is 0 Å². The largest absolute Gasteiger partial charge is 0.338 e. The van der Waals surface area contributed by atoms with Crippen molar-refractivity contribution in [2.45, 2.75) is 25.8 Å². The van der Waals surface area contributed by atoms with E-state index in [1.54, 1.807) is 24.5 Å². The highest BCUT2D eigenvalue weighted by molar-refractivity contribution is 5.97. The molecular weight excluding hydrogens is 304 g/mol. The number of rotatable bonds is 7. The summed E-state index contributed by atoms with van der Waals surface area (Å²) < 4.78 is 0. The van der Waals surface area contributed by atoms with Crippen molar-refractivity contribution >= 4 is 17.6 Å². The van der Waals surface area contributed by atoms with Gasteiger partial charge in [0.2, 0.25) is 5.91 Å². The van der Waals surface area contributed by atoms with Crippen LogP contribution in [-0.4, -0.2) is 29.5 Å². The molecule has 6 nitrogen and oxygen atoms in total. The monoisotopic (exact) mass is 326 g/mol. The first-order valence-corrected chi connectivity index (χ1v) is 7.98. The maximum atomic E-state index is 12.6. The van der Waals surface area contributed by atoms with Crippen LogP contribution in [0.5, 0.6) is 0 Å². The maximum absolute atomic E-state index is 12.6. The molecule has 24 heavy (non-hydrogen) atoms. The fourth-order valence-electron chi connectivity index (χ4n) is 2.17. The average molecular weight is 326 g/mol. The summed E-state index contributed by atoms with van der Waals surface area (Å²) in [5.74, 6) is -0.267. The van der Waals surface area contributed by atoms with Crippen molar-refractivity contribution in [2.75, 3.05) is 11.9 Å². The minimum Gasteiger partial charge on any atom is -0.338 e. The van der Waals surface area contributed by atoms with E-state index >= 15 is 0 Å². The molecule has 2 rings (SSSR count). The Bertz CT molecular complexity index is 647.